The Morgan fingerprint density at radius 1 is 1.48 bits per heavy atom. The number of thiazole rings is 1. The van der Waals surface area contributed by atoms with Gasteiger partial charge in [0.05, 0.1) is 10.7 Å². The fourth-order valence-corrected chi connectivity index (χ4v) is 3.85. The molecule has 2 aromatic heterocycles. The van der Waals surface area contributed by atoms with Gasteiger partial charge in [0.2, 0.25) is 5.88 Å². The summed E-state index contributed by atoms with van der Waals surface area (Å²) in [6.45, 7) is 2.06. The van der Waals surface area contributed by atoms with E-state index in [2.05, 4.69) is 15.3 Å². The van der Waals surface area contributed by atoms with Crippen LogP contribution in [0.15, 0.2) is 18.3 Å². The first-order valence-corrected chi connectivity index (χ1v) is 8.49. The van der Waals surface area contributed by atoms with Gasteiger partial charge in [0.1, 0.15) is 0 Å². The van der Waals surface area contributed by atoms with Crippen LogP contribution in [0.3, 0.4) is 0 Å². The van der Waals surface area contributed by atoms with Gasteiger partial charge in [0, 0.05) is 29.7 Å². The van der Waals surface area contributed by atoms with Crippen LogP contribution in [0.2, 0.25) is 0 Å². The summed E-state index contributed by atoms with van der Waals surface area (Å²) >= 11 is 1.75. The molecule has 0 radical (unpaired) electrons. The van der Waals surface area contributed by atoms with Gasteiger partial charge < -0.3 is 10.1 Å². The van der Waals surface area contributed by atoms with E-state index in [-0.39, 0.29) is 5.88 Å². The topological polar surface area (TPSA) is 47.0 Å². The van der Waals surface area contributed by atoms with E-state index in [4.69, 9.17) is 4.74 Å². The number of halogens is 2. The van der Waals surface area contributed by atoms with E-state index >= 15 is 0 Å². The molecule has 3 rings (SSSR count). The van der Waals surface area contributed by atoms with Gasteiger partial charge >= 0.3 is 0 Å². The van der Waals surface area contributed by atoms with E-state index in [0.717, 1.165) is 29.8 Å². The monoisotopic (exact) mass is 339 g/mol. The third-order valence-electron chi connectivity index (χ3n) is 3.77. The fourth-order valence-electron chi connectivity index (χ4n) is 2.77. The van der Waals surface area contributed by atoms with Crippen molar-refractivity contribution in [3.8, 4) is 5.88 Å². The lowest BCUT2D eigenvalue weighted by Crippen LogP contribution is -2.23. The SMILES string of the molecule is Cc1nc2c(s1)[C@@H](NCc1ccnc(OCC(F)F)c1)CCC2. The van der Waals surface area contributed by atoms with Crippen molar-refractivity contribution in [3.63, 3.8) is 0 Å². The van der Waals surface area contributed by atoms with E-state index in [1.807, 2.05) is 13.0 Å². The number of nitrogens with zero attached hydrogens (tertiary/aromatic N) is 2. The third-order valence-corrected chi connectivity index (χ3v) is 4.89. The second-order valence-corrected chi connectivity index (χ2v) is 6.81. The lowest BCUT2D eigenvalue weighted by atomic mass is 9.98. The summed E-state index contributed by atoms with van der Waals surface area (Å²) in [5.41, 5.74) is 2.18. The smallest absolute Gasteiger partial charge is 0.272 e. The molecule has 7 heteroatoms. The normalized spacial score (nSPS) is 17.3. The van der Waals surface area contributed by atoms with Crippen LogP contribution in [0, 0.1) is 6.92 Å². The molecular weight excluding hydrogens is 320 g/mol. The zero-order chi connectivity index (χ0) is 16.2. The summed E-state index contributed by atoms with van der Waals surface area (Å²) < 4.78 is 29.3. The number of aryl methyl sites for hydroxylation is 2. The molecule has 0 fully saturated rings. The van der Waals surface area contributed by atoms with E-state index in [1.54, 1.807) is 23.6 Å². The minimum absolute atomic E-state index is 0.238. The predicted molar refractivity (Wildman–Crippen MR) is 85.1 cm³/mol. The highest BCUT2D eigenvalue weighted by molar-refractivity contribution is 7.11. The molecule has 0 spiro atoms. The maximum absolute atomic E-state index is 12.2. The predicted octanol–water partition coefficient (Wildman–Crippen LogP) is 3.66. The minimum Gasteiger partial charge on any atom is -0.472 e. The first-order valence-electron chi connectivity index (χ1n) is 7.67. The Morgan fingerprint density at radius 3 is 3.17 bits per heavy atom. The Bertz CT molecular complexity index is 663. The van der Waals surface area contributed by atoms with Gasteiger partial charge in [0.15, 0.2) is 6.61 Å². The zero-order valence-corrected chi connectivity index (χ0v) is 13.7. The maximum atomic E-state index is 12.2. The number of hydrogen-bond donors (Lipinski definition) is 1. The minimum atomic E-state index is -2.49. The second kappa shape index (κ2) is 7.31. The van der Waals surface area contributed by atoms with Gasteiger partial charge in [-0.15, -0.1) is 11.3 Å². The highest BCUT2D eigenvalue weighted by Crippen LogP contribution is 2.34. The first-order chi connectivity index (χ1) is 11.1. The van der Waals surface area contributed by atoms with Gasteiger partial charge in [-0.05, 0) is 37.8 Å². The van der Waals surface area contributed by atoms with Crippen molar-refractivity contribution in [2.45, 2.75) is 45.2 Å². The molecular formula is C16H19F2N3OS. The van der Waals surface area contributed by atoms with Crippen molar-refractivity contribution in [3.05, 3.63) is 39.5 Å². The van der Waals surface area contributed by atoms with Crippen molar-refractivity contribution in [2.75, 3.05) is 6.61 Å². The molecule has 0 saturated carbocycles. The molecule has 0 unspecified atom stereocenters. The second-order valence-electron chi connectivity index (χ2n) is 5.57. The molecule has 1 aliphatic carbocycles. The summed E-state index contributed by atoms with van der Waals surface area (Å²) in [5, 5.41) is 4.65. The van der Waals surface area contributed by atoms with Gasteiger partial charge in [-0.3, -0.25) is 0 Å². The first kappa shape index (κ1) is 16.3. The summed E-state index contributed by atoms with van der Waals surface area (Å²) in [7, 11) is 0. The van der Waals surface area contributed by atoms with Crippen LogP contribution in [0.4, 0.5) is 8.78 Å². The average Bonchev–Trinajstić information content (AvgIpc) is 2.92. The molecule has 2 aromatic rings. The molecule has 4 nitrogen and oxygen atoms in total. The van der Waals surface area contributed by atoms with E-state index in [1.165, 1.54) is 10.6 Å². The third kappa shape index (κ3) is 4.23. The number of alkyl halides is 2. The van der Waals surface area contributed by atoms with Gasteiger partial charge in [-0.25, -0.2) is 18.7 Å². The largest absolute Gasteiger partial charge is 0.472 e. The van der Waals surface area contributed by atoms with Crippen molar-refractivity contribution in [2.24, 2.45) is 0 Å². The molecule has 0 saturated heterocycles. The maximum Gasteiger partial charge on any atom is 0.272 e. The Labute approximate surface area is 137 Å². The average molecular weight is 339 g/mol. The number of ether oxygens (including phenoxy) is 1. The Hall–Kier alpha value is -1.60. The van der Waals surface area contributed by atoms with E-state index < -0.39 is 13.0 Å². The quantitative estimate of drug-likeness (QED) is 0.872. The summed E-state index contributed by atoms with van der Waals surface area (Å²) in [6, 6.07) is 3.88. The van der Waals surface area contributed by atoms with Crippen LogP contribution in [0.5, 0.6) is 5.88 Å². The Morgan fingerprint density at radius 2 is 2.35 bits per heavy atom. The van der Waals surface area contributed by atoms with Crippen LogP contribution < -0.4 is 10.1 Å². The molecule has 23 heavy (non-hydrogen) atoms. The number of pyridine rings is 1. The summed E-state index contributed by atoms with van der Waals surface area (Å²) in [5.74, 6) is 0.238. The van der Waals surface area contributed by atoms with E-state index in [9.17, 15) is 8.78 Å². The van der Waals surface area contributed by atoms with Crippen LogP contribution in [0.25, 0.3) is 0 Å². The summed E-state index contributed by atoms with van der Waals surface area (Å²) in [4.78, 5) is 9.87. The number of hydrogen-bond acceptors (Lipinski definition) is 5. The fraction of sp³-hybridized carbons (Fsp3) is 0.500. The number of nitrogens with one attached hydrogen (secondary N) is 1. The van der Waals surface area contributed by atoms with E-state index in [0.29, 0.717) is 12.6 Å². The molecule has 0 bridgehead atoms. The van der Waals surface area contributed by atoms with Crippen LogP contribution in [0.1, 0.15) is 40.0 Å². The standard InChI is InChI=1S/C16H19F2N3OS/c1-10-21-13-4-2-3-12(16(13)23-10)20-8-11-5-6-19-15(7-11)22-9-14(17)18/h5-7,12,14,20H,2-4,8-9H2,1H3/t12-/m0/s1. The lowest BCUT2D eigenvalue weighted by Gasteiger charge is -2.22. The molecule has 124 valence electrons. The molecule has 1 N–H and O–H groups in total. The van der Waals surface area contributed by atoms with Crippen molar-refractivity contribution >= 4 is 11.3 Å². The summed E-state index contributed by atoms with van der Waals surface area (Å²) in [6.07, 6.45) is 2.37. The van der Waals surface area contributed by atoms with Crippen LogP contribution in [-0.4, -0.2) is 23.0 Å². The van der Waals surface area contributed by atoms with Gasteiger partial charge in [0.25, 0.3) is 6.43 Å². The van der Waals surface area contributed by atoms with Crippen LogP contribution >= 0.6 is 11.3 Å². The zero-order valence-electron chi connectivity index (χ0n) is 12.9. The highest BCUT2D eigenvalue weighted by Gasteiger charge is 2.23. The molecule has 2 heterocycles. The molecule has 0 amide bonds. The number of aromatic nitrogens is 2. The number of rotatable bonds is 6. The van der Waals surface area contributed by atoms with Gasteiger partial charge in [-0.1, -0.05) is 0 Å². The Balaban J connectivity index is 1.61. The van der Waals surface area contributed by atoms with Crippen molar-refractivity contribution in [1.29, 1.82) is 0 Å². The van der Waals surface area contributed by atoms with Crippen molar-refractivity contribution < 1.29 is 13.5 Å². The Kier molecular flexibility index (Phi) is 5.17. The highest BCUT2D eigenvalue weighted by atomic mass is 32.1. The van der Waals surface area contributed by atoms with Gasteiger partial charge in [-0.2, -0.15) is 0 Å². The molecule has 0 aromatic carbocycles. The molecule has 1 atom stereocenters. The van der Waals surface area contributed by atoms with Crippen molar-refractivity contribution in [1.82, 2.24) is 15.3 Å². The number of fused-ring (bicyclic) bond motifs is 1. The lowest BCUT2D eigenvalue weighted by molar-refractivity contribution is 0.0795. The van der Waals surface area contributed by atoms with Crippen LogP contribution in [-0.2, 0) is 13.0 Å². The molecule has 1 aliphatic rings. The molecule has 0 aliphatic heterocycles.